The Morgan fingerprint density at radius 1 is 1.39 bits per heavy atom. The van der Waals surface area contributed by atoms with Crippen LogP contribution in [-0.4, -0.2) is 22.4 Å². The summed E-state index contributed by atoms with van der Waals surface area (Å²) in [5.74, 6) is 0.230. The molecule has 6 heteroatoms. The van der Waals surface area contributed by atoms with E-state index in [1.54, 1.807) is 18.3 Å². The van der Waals surface area contributed by atoms with Gasteiger partial charge < -0.3 is 10.6 Å². The second-order valence-corrected chi connectivity index (χ2v) is 5.69. The number of benzene rings is 1. The molecule has 2 heterocycles. The van der Waals surface area contributed by atoms with E-state index in [2.05, 4.69) is 20.6 Å². The molecule has 1 aromatic carbocycles. The van der Waals surface area contributed by atoms with Crippen LogP contribution in [0.1, 0.15) is 46.3 Å². The lowest BCUT2D eigenvalue weighted by Gasteiger charge is -2.11. The van der Waals surface area contributed by atoms with Crippen molar-refractivity contribution in [2.75, 3.05) is 6.54 Å². The van der Waals surface area contributed by atoms with Gasteiger partial charge in [-0.15, -0.1) is 0 Å². The third kappa shape index (κ3) is 3.71. The van der Waals surface area contributed by atoms with Crippen LogP contribution in [0.25, 0.3) is 0 Å². The second kappa shape index (κ2) is 6.83. The Labute approximate surface area is 134 Å². The highest BCUT2D eigenvalue weighted by Crippen LogP contribution is 2.20. The van der Waals surface area contributed by atoms with Gasteiger partial charge in [0.05, 0.1) is 17.3 Å². The van der Waals surface area contributed by atoms with Crippen LogP contribution < -0.4 is 10.6 Å². The Hall–Kier alpha value is -2.34. The Morgan fingerprint density at radius 2 is 2.17 bits per heavy atom. The van der Waals surface area contributed by atoms with Crippen LogP contribution in [0, 0.1) is 12.7 Å². The molecule has 2 aromatic rings. The van der Waals surface area contributed by atoms with Gasteiger partial charge in [0.25, 0.3) is 5.91 Å². The molecule has 5 nitrogen and oxygen atoms in total. The van der Waals surface area contributed by atoms with Crippen LogP contribution in [-0.2, 0) is 6.54 Å². The maximum Gasteiger partial charge on any atom is 0.254 e. The number of nitrogens with one attached hydrogen (secondary N) is 2. The fourth-order valence-electron chi connectivity index (χ4n) is 2.66. The van der Waals surface area contributed by atoms with Gasteiger partial charge in [-0.3, -0.25) is 4.79 Å². The topological polar surface area (TPSA) is 66.9 Å². The number of nitrogens with zero attached hydrogens (tertiary/aromatic N) is 2. The van der Waals surface area contributed by atoms with E-state index in [9.17, 15) is 9.18 Å². The van der Waals surface area contributed by atoms with Crippen molar-refractivity contribution in [2.45, 2.75) is 32.4 Å². The molecule has 1 aliphatic heterocycles. The first-order valence-electron chi connectivity index (χ1n) is 7.73. The number of aryl methyl sites for hydroxylation is 1. The van der Waals surface area contributed by atoms with Crippen molar-refractivity contribution in [3.63, 3.8) is 0 Å². The van der Waals surface area contributed by atoms with Crippen molar-refractivity contribution in [3.8, 4) is 0 Å². The molecule has 1 fully saturated rings. The summed E-state index contributed by atoms with van der Waals surface area (Å²) >= 11 is 0. The third-order valence-corrected chi connectivity index (χ3v) is 3.98. The summed E-state index contributed by atoms with van der Waals surface area (Å²) in [5, 5.41) is 6.15. The van der Waals surface area contributed by atoms with Gasteiger partial charge in [-0.05, 0) is 44.0 Å². The molecule has 0 aliphatic carbocycles. The molecular formula is C17H19FN4O. The number of aromatic nitrogens is 2. The smallest absolute Gasteiger partial charge is 0.254 e. The zero-order chi connectivity index (χ0) is 16.2. The summed E-state index contributed by atoms with van der Waals surface area (Å²) < 4.78 is 12.9. The van der Waals surface area contributed by atoms with Crippen LogP contribution >= 0.6 is 0 Å². The monoisotopic (exact) mass is 314 g/mol. The summed E-state index contributed by atoms with van der Waals surface area (Å²) in [6, 6.07) is 6.23. The predicted octanol–water partition coefficient (Wildman–Crippen LogP) is 2.28. The van der Waals surface area contributed by atoms with Crippen LogP contribution in [0.2, 0.25) is 0 Å². The first kappa shape index (κ1) is 15.6. The molecule has 0 spiro atoms. The first-order chi connectivity index (χ1) is 11.1. The van der Waals surface area contributed by atoms with E-state index in [-0.39, 0.29) is 17.8 Å². The fraction of sp³-hybridized carbons (Fsp3) is 0.353. The zero-order valence-electron chi connectivity index (χ0n) is 13.0. The summed E-state index contributed by atoms with van der Waals surface area (Å²) in [6.07, 6.45) is 3.72. The van der Waals surface area contributed by atoms with E-state index < -0.39 is 0 Å². The molecule has 3 rings (SSSR count). The summed E-state index contributed by atoms with van der Waals surface area (Å²) in [5.41, 5.74) is 1.97. The van der Waals surface area contributed by atoms with Gasteiger partial charge in [-0.2, -0.15) is 0 Å². The van der Waals surface area contributed by atoms with E-state index in [0.717, 1.165) is 30.8 Å². The van der Waals surface area contributed by atoms with E-state index in [1.165, 1.54) is 12.1 Å². The summed E-state index contributed by atoms with van der Waals surface area (Å²) in [7, 11) is 0. The summed E-state index contributed by atoms with van der Waals surface area (Å²) in [4.78, 5) is 21.0. The lowest BCUT2D eigenvalue weighted by molar-refractivity contribution is 0.0949. The van der Waals surface area contributed by atoms with Crippen molar-refractivity contribution in [3.05, 3.63) is 58.9 Å². The Morgan fingerprint density at radius 3 is 2.83 bits per heavy atom. The van der Waals surface area contributed by atoms with Gasteiger partial charge in [-0.25, -0.2) is 14.4 Å². The first-order valence-corrected chi connectivity index (χ1v) is 7.73. The van der Waals surface area contributed by atoms with Crippen molar-refractivity contribution in [1.29, 1.82) is 0 Å². The van der Waals surface area contributed by atoms with Crippen molar-refractivity contribution in [1.82, 2.24) is 20.6 Å². The molecule has 1 amide bonds. The van der Waals surface area contributed by atoms with Gasteiger partial charge in [0.2, 0.25) is 0 Å². The Balaban J connectivity index is 1.65. The number of halogens is 1. The average molecular weight is 314 g/mol. The Kier molecular flexibility index (Phi) is 4.62. The second-order valence-electron chi connectivity index (χ2n) is 5.69. The minimum atomic E-state index is -0.291. The molecule has 1 atom stereocenters. The minimum absolute atomic E-state index is 0.185. The highest BCUT2D eigenvalue weighted by molar-refractivity contribution is 5.94. The maximum absolute atomic E-state index is 12.9. The molecule has 1 aliphatic rings. The van der Waals surface area contributed by atoms with E-state index in [1.807, 2.05) is 6.92 Å². The summed E-state index contributed by atoms with van der Waals surface area (Å²) in [6.45, 7) is 3.13. The molecule has 0 saturated carbocycles. The normalized spacial score (nSPS) is 17.2. The molecule has 120 valence electrons. The number of amides is 1. The van der Waals surface area contributed by atoms with Crippen molar-refractivity contribution in [2.24, 2.45) is 0 Å². The van der Waals surface area contributed by atoms with Gasteiger partial charge in [0.15, 0.2) is 0 Å². The highest BCUT2D eigenvalue weighted by Gasteiger charge is 2.20. The molecule has 1 unspecified atom stereocenters. The molecular weight excluding hydrogens is 295 g/mol. The van der Waals surface area contributed by atoms with Gasteiger partial charge >= 0.3 is 0 Å². The average Bonchev–Trinajstić information content (AvgIpc) is 3.08. The SMILES string of the molecule is Cc1nc(C2CCCN2)ncc1C(=O)NCc1ccc(F)cc1. The van der Waals surface area contributed by atoms with Crippen molar-refractivity contribution < 1.29 is 9.18 Å². The molecule has 1 aromatic heterocycles. The number of carbonyl (C=O) groups is 1. The van der Waals surface area contributed by atoms with Crippen LogP contribution in [0.4, 0.5) is 4.39 Å². The van der Waals surface area contributed by atoms with Gasteiger partial charge in [0, 0.05) is 12.7 Å². The van der Waals surface area contributed by atoms with Crippen LogP contribution in [0.3, 0.4) is 0 Å². The van der Waals surface area contributed by atoms with E-state index in [0.29, 0.717) is 17.8 Å². The number of hydrogen-bond acceptors (Lipinski definition) is 4. The highest BCUT2D eigenvalue weighted by atomic mass is 19.1. The van der Waals surface area contributed by atoms with Gasteiger partial charge in [-0.1, -0.05) is 12.1 Å². The minimum Gasteiger partial charge on any atom is -0.348 e. The molecule has 23 heavy (non-hydrogen) atoms. The van der Waals surface area contributed by atoms with Gasteiger partial charge in [0.1, 0.15) is 11.6 Å². The van der Waals surface area contributed by atoms with Crippen molar-refractivity contribution >= 4 is 5.91 Å². The quantitative estimate of drug-likeness (QED) is 0.908. The largest absolute Gasteiger partial charge is 0.348 e. The predicted molar refractivity (Wildman–Crippen MR) is 84.3 cm³/mol. The number of rotatable bonds is 4. The molecule has 1 saturated heterocycles. The lowest BCUT2D eigenvalue weighted by Crippen LogP contribution is -2.25. The third-order valence-electron chi connectivity index (χ3n) is 3.98. The zero-order valence-corrected chi connectivity index (χ0v) is 13.0. The fourth-order valence-corrected chi connectivity index (χ4v) is 2.66. The lowest BCUT2D eigenvalue weighted by atomic mass is 10.1. The maximum atomic E-state index is 12.9. The molecule has 0 radical (unpaired) electrons. The van der Waals surface area contributed by atoms with E-state index in [4.69, 9.17) is 0 Å². The number of hydrogen-bond donors (Lipinski definition) is 2. The Bertz CT molecular complexity index is 696. The molecule has 0 bridgehead atoms. The van der Waals surface area contributed by atoms with E-state index >= 15 is 0 Å². The molecule has 2 N–H and O–H groups in total. The number of carbonyl (C=O) groups excluding carboxylic acids is 1. The van der Waals surface area contributed by atoms with Crippen LogP contribution in [0.5, 0.6) is 0 Å². The van der Waals surface area contributed by atoms with Crippen LogP contribution in [0.15, 0.2) is 30.5 Å². The standard InChI is InChI=1S/C17H19FN4O/c1-11-14(10-20-16(22-11)15-3-2-8-19-15)17(23)21-9-12-4-6-13(18)7-5-12/h4-7,10,15,19H,2-3,8-9H2,1H3,(H,21,23).